The molecule has 0 radical (unpaired) electrons. The van der Waals surface area contributed by atoms with Crippen LogP contribution in [0.2, 0.25) is 0 Å². The number of nitrogens with zero attached hydrogens (tertiary/aromatic N) is 1. The fourth-order valence-electron chi connectivity index (χ4n) is 1.54. The second-order valence-corrected chi connectivity index (χ2v) is 4.10. The largest absolute Gasteiger partial charge is 0.484 e. The Morgan fingerprint density at radius 3 is 2.57 bits per heavy atom. The van der Waals surface area contributed by atoms with Gasteiger partial charge in [-0.1, -0.05) is 0 Å². The maximum atomic E-state index is 12.9. The van der Waals surface area contributed by atoms with E-state index in [-0.39, 0.29) is 12.2 Å². The maximum Gasteiger partial charge on any atom is 0.255 e. The molecule has 0 spiro atoms. The summed E-state index contributed by atoms with van der Waals surface area (Å²) in [6.45, 7) is -0.220. The molecule has 0 aliphatic rings. The Balaban J connectivity index is 2.00. The molecule has 0 aliphatic heterocycles. The topological polar surface area (TPSA) is 94.3 Å². The van der Waals surface area contributed by atoms with Gasteiger partial charge in [-0.15, -0.1) is 0 Å². The number of hydrogen-bond acceptors (Lipinski definition) is 4. The van der Waals surface area contributed by atoms with E-state index in [2.05, 4.69) is 10.3 Å². The molecule has 108 valence electrons. The van der Waals surface area contributed by atoms with Crippen LogP contribution in [0.4, 0.5) is 10.1 Å². The second kappa shape index (κ2) is 6.47. The molecule has 6 nitrogen and oxygen atoms in total. The van der Waals surface area contributed by atoms with Crippen molar-refractivity contribution < 1.29 is 18.7 Å². The first-order valence-corrected chi connectivity index (χ1v) is 5.98. The Morgan fingerprint density at radius 1 is 1.24 bits per heavy atom. The fourth-order valence-corrected chi connectivity index (χ4v) is 1.54. The van der Waals surface area contributed by atoms with Crippen LogP contribution in [0.3, 0.4) is 0 Å². The van der Waals surface area contributed by atoms with Crippen molar-refractivity contribution >= 4 is 17.5 Å². The standard InChI is InChI=1S/C14H12FN3O3/c15-12-7-9(5-6-17-12)14(20)18-10-1-3-11(4-2-10)21-8-13(16)19/h1-7H,8H2,(H2,16,19)(H,18,20). The summed E-state index contributed by atoms with van der Waals surface area (Å²) in [6, 6.07) is 8.78. The number of anilines is 1. The van der Waals surface area contributed by atoms with Gasteiger partial charge in [-0.2, -0.15) is 4.39 Å². The molecule has 1 heterocycles. The highest BCUT2D eigenvalue weighted by Crippen LogP contribution is 2.16. The third kappa shape index (κ3) is 4.27. The summed E-state index contributed by atoms with van der Waals surface area (Å²) in [5, 5.41) is 2.60. The summed E-state index contributed by atoms with van der Waals surface area (Å²) in [4.78, 5) is 25.8. The molecule has 1 aromatic heterocycles. The molecule has 21 heavy (non-hydrogen) atoms. The highest BCUT2D eigenvalue weighted by Gasteiger charge is 2.07. The number of benzene rings is 1. The minimum Gasteiger partial charge on any atom is -0.484 e. The molecule has 2 aromatic rings. The molecule has 3 N–H and O–H groups in total. The maximum absolute atomic E-state index is 12.9. The smallest absolute Gasteiger partial charge is 0.255 e. The predicted octanol–water partition coefficient (Wildman–Crippen LogP) is 1.34. The normalized spacial score (nSPS) is 9.95. The third-order valence-electron chi connectivity index (χ3n) is 2.48. The number of pyridine rings is 1. The van der Waals surface area contributed by atoms with Crippen molar-refractivity contribution in [3.63, 3.8) is 0 Å². The Morgan fingerprint density at radius 2 is 1.95 bits per heavy atom. The first-order valence-electron chi connectivity index (χ1n) is 5.98. The molecule has 0 bridgehead atoms. The number of carbonyl (C=O) groups is 2. The van der Waals surface area contributed by atoms with Gasteiger partial charge in [0.15, 0.2) is 6.61 Å². The van der Waals surface area contributed by atoms with Crippen LogP contribution in [0, 0.1) is 5.95 Å². The van der Waals surface area contributed by atoms with Gasteiger partial charge in [0.25, 0.3) is 11.8 Å². The lowest BCUT2D eigenvalue weighted by Gasteiger charge is -2.07. The van der Waals surface area contributed by atoms with Crippen LogP contribution in [0.1, 0.15) is 10.4 Å². The molecule has 0 saturated carbocycles. The SMILES string of the molecule is NC(=O)COc1ccc(NC(=O)c2ccnc(F)c2)cc1. The number of nitrogens with one attached hydrogen (secondary N) is 1. The van der Waals surface area contributed by atoms with Crippen LogP contribution in [-0.2, 0) is 4.79 Å². The number of carbonyl (C=O) groups excluding carboxylic acids is 2. The molecule has 2 amide bonds. The quantitative estimate of drug-likeness (QED) is 0.812. The van der Waals surface area contributed by atoms with Crippen molar-refractivity contribution in [2.45, 2.75) is 0 Å². The first-order chi connectivity index (χ1) is 10.0. The van der Waals surface area contributed by atoms with Crippen molar-refractivity contribution in [2.24, 2.45) is 5.73 Å². The van der Waals surface area contributed by atoms with Gasteiger partial charge in [-0.3, -0.25) is 9.59 Å². The van der Waals surface area contributed by atoms with Crippen molar-refractivity contribution in [1.29, 1.82) is 0 Å². The molecule has 0 unspecified atom stereocenters. The van der Waals surface area contributed by atoms with E-state index in [1.54, 1.807) is 24.3 Å². The van der Waals surface area contributed by atoms with Gasteiger partial charge in [0, 0.05) is 23.5 Å². The van der Waals surface area contributed by atoms with Crippen LogP contribution in [0.15, 0.2) is 42.6 Å². The Hall–Kier alpha value is -2.96. The molecular formula is C14H12FN3O3. The molecule has 0 fully saturated rings. The number of halogens is 1. The van der Waals surface area contributed by atoms with E-state index in [0.717, 1.165) is 6.07 Å². The highest BCUT2D eigenvalue weighted by atomic mass is 19.1. The predicted molar refractivity (Wildman–Crippen MR) is 73.3 cm³/mol. The second-order valence-electron chi connectivity index (χ2n) is 4.10. The van der Waals surface area contributed by atoms with Crippen LogP contribution in [0.25, 0.3) is 0 Å². The number of hydrogen-bond donors (Lipinski definition) is 2. The first kappa shape index (κ1) is 14.4. The lowest BCUT2D eigenvalue weighted by molar-refractivity contribution is -0.119. The summed E-state index contributed by atoms with van der Waals surface area (Å²) in [5.41, 5.74) is 5.62. The van der Waals surface area contributed by atoms with Crippen LogP contribution < -0.4 is 15.8 Å². The number of primary amides is 1. The van der Waals surface area contributed by atoms with E-state index in [1.807, 2.05) is 0 Å². The van der Waals surface area contributed by atoms with E-state index in [9.17, 15) is 14.0 Å². The zero-order valence-electron chi connectivity index (χ0n) is 10.9. The Kier molecular flexibility index (Phi) is 4.45. The van der Waals surface area contributed by atoms with Crippen molar-refractivity contribution in [2.75, 3.05) is 11.9 Å². The van der Waals surface area contributed by atoms with Crippen LogP contribution in [0.5, 0.6) is 5.75 Å². The van der Waals surface area contributed by atoms with Crippen molar-refractivity contribution in [1.82, 2.24) is 4.98 Å². The number of rotatable bonds is 5. The van der Waals surface area contributed by atoms with Gasteiger partial charge < -0.3 is 15.8 Å². The number of amides is 2. The highest BCUT2D eigenvalue weighted by molar-refractivity contribution is 6.04. The van der Waals surface area contributed by atoms with Gasteiger partial charge in [0.1, 0.15) is 5.75 Å². The van der Waals surface area contributed by atoms with Crippen molar-refractivity contribution in [3.05, 3.63) is 54.1 Å². The van der Waals surface area contributed by atoms with Gasteiger partial charge in [-0.25, -0.2) is 4.98 Å². The van der Waals surface area contributed by atoms with Gasteiger partial charge in [-0.05, 0) is 30.3 Å². The summed E-state index contributed by atoms with van der Waals surface area (Å²) in [5.74, 6) is -1.31. The number of ether oxygens (including phenoxy) is 1. The Labute approximate surface area is 119 Å². The molecule has 7 heteroatoms. The summed E-state index contributed by atoms with van der Waals surface area (Å²) in [7, 11) is 0. The Bertz CT molecular complexity index is 659. The van der Waals surface area contributed by atoms with E-state index in [4.69, 9.17) is 10.5 Å². The number of nitrogens with two attached hydrogens (primary N) is 1. The van der Waals surface area contributed by atoms with E-state index in [0.29, 0.717) is 11.4 Å². The summed E-state index contributed by atoms with van der Waals surface area (Å²) < 4.78 is 18.0. The van der Waals surface area contributed by atoms with E-state index in [1.165, 1.54) is 12.3 Å². The monoisotopic (exact) mass is 289 g/mol. The summed E-state index contributed by atoms with van der Waals surface area (Å²) >= 11 is 0. The molecular weight excluding hydrogens is 277 g/mol. The fraction of sp³-hybridized carbons (Fsp3) is 0.0714. The van der Waals surface area contributed by atoms with Gasteiger partial charge >= 0.3 is 0 Å². The van der Waals surface area contributed by atoms with Gasteiger partial charge in [0.05, 0.1) is 0 Å². The van der Waals surface area contributed by atoms with Gasteiger partial charge in [0.2, 0.25) is 5.95 Å². The van der Waals surface area contributed by atoms with E-state index >= 15 is 0 Å². The lowest BCUT2D eigenvalue weighted by atomic mass is 10.2. The molecule has 0 atom stereocenters. The van der Waals surface area contributed by atoms with Crippen LogP contribution >= 0.6 is 0 Å². The van der Waals surface area contributed by atoms with Crippen LogP contribution in [-0.4, -0.2) is 23.4 Å². The minimum atomic E-state index is -0.724. The molecule has 2 rings (SSSR count). The zero-order valence-corrected chi connectivity index (χ0v) is 10.9. The minimum absolute atomic E-state index is 0.163. The number of aromatic nitrogens is 1. The molecule has 0 aliphatic carbocycles. The average Bonchev–Trinajstić information content (AvgIpc) is 2.46. The lowest BCUT2D eigenvalue weighted by Crippen LogP contribution is -2.20. The van der Waals surface area contributed by atoms with E-state index < -0.39 is 17.8 Å². The third-order valence-corrected chi connectivity index (χ3v) is 2.48. The van der Waals surface area contributed by atoms with Crippen molar-refractivity contribution in [3.8, 4) is 5.75 Å². The summed E-state index contributed by atoms with van der Waals surface area (Å²) in [6.07, 6.45) is 1.21. The molecule has 0 saturated heterocycles. The average molecular weight is 289 g/mol. The zero-order chi connectivity index (χ0) is 15.2. The molecule has 1 aromatic carbocycles.